The second-order valence-corrected chi connectivity index (χ2v) is 13.0. The summed E-state index contributed by atoms with van der Waals surface area (Å²) in [5.74, 6) is -0.989. The number of methoxy groups -OCH3 is 1. The standard InChI is InChI=1S/C28H48O17/c1-40-15-3-9(2-12(32)19(15)33)26-16(43-28-25(39)23(37)21(35)18(8-30)45-28)6-11-13(41-26)4-10(31)5-14(11)42-27-24(38)22(36)20(34)17(7-29)44-27/h9-39H,2-8H2,1H3/t9?,10?,11?,12?,13?,14?,15?,16?,17-,18-,19?,20-,21-,22-,23-,24-,25-,26?,27-,28-/m0/s1. The van der Waals surface area contributed by atoms with Crippen molar-refractivity contribution in [2.75, 3.05) is 20.3 Å². The van der Waals surface area contributed by atoms with Crippen LogP contribution in [0.15, 0.2) is 0 Å². The van der Waals surface area contributed by atoms with Gasteiger partial charge >= 0.3 is 0 Å². The first-order chi connectivity index (χ1) is 21.4. The van der Waals surface area contributed by atoms with Crippen molar-refractivity contribution in [1.82, 2.24) is 0 Å². The number of ether oxygens (including phenoxy) is 6. The summed E-state index contributed by atoms with van der Waals surface area (Å²) < 4.78 is 35.4. The predicted octanol–water partition coefficient (Wildman–Crippen LogP) is -5.57. The van der Waals surface area contributed by atoms with Crippen LogP contribution in [0.3, 0.4) is 0 Å². The van der Waals surface area contributed by atoms with Gasteiger partial charge in [-0.1, -0.05) is 0 Å². The fourth-order valence-electron chi connectivity index (χ4n) is 7.52. The molecule has 0 aromatic carbocycles. The molecule has 0 aromatic rings. The van der Waals surface area contributed by atoms with E-state index < -0.39 is 135 Å². The fourth-order valence-corrected chi connectivity index (χ4v) is 7.52. The van der Waals surface area contributed by atoms with Crippen molar-refractivity contribution in [2.45, 2.75) is 142 Å². The number of hydrogen-bond acceptors (Lipinski definition) is 17. The van der Waals surface area contributed by atoms with Crippen molar-refractivity contribution >= 4 is 0 Å². The minimum Gasteiger partial charge on any atom is -0.394 e. The van der Waals surface area contributed by atoms with Gasteiger partial charge in [0.05, 0.1) is 55.9 Å². The van der Waals surface area contributed by atoms with Crippen LogP contribution in [-0.2, 0) is 28.4 Å². The van der Waals surface area contributed by atoms with Crippen LogP contribution in [0.2, 0.25) is 0 Å². The molecule has 0 amide bonds. The lowest BCUT2D eigenvalue weighted by atomic mass is 9.72. The van der Waals surface area contributed by atoms with E-state index in [1.165, 1.54) is 7.11 Å². The van der Waals surface area contributed by atoms with Gasteiger partial charge in [-0.2, -0.15) is 0 Å². The molecule has 0 bridgehead atoms. The van der Waals surface area contributed by atoms with Gasteiger partial charge in [0.25, 0.3) is 0 Å². The Balaban J connectivity index is 1.40. The normalized spacial score (nSPS) is 54.4. The Labute approximate surface area is 259 Å². The molecular weight excluding hydrogens is 608 g/mol. The summed E-state index contributed by atoms with van der Waals surface area (Å²) in [5.41, 5.74) is 0. The maximum absolute atomic E-state index is 10.8. The molecule has 0 radical (unpaired) electrons. The van der Waals surface area contributed by atoms with E-state index in [1.54, 1.807) is 0 Å². The summed E-state index contributed by atoms with van der Waals surface area (Å²) in [6.07, 6.45) is -21.8. The summed E-state index contributed by atoms with van der Waals surface area (Å²) in [6.45, 7) is -1.33. The molecule has 10 unspecified atom stereocenters. The van der Waals surface area contributed by atoms with Gasteiger partial charge in [0.1, 0.15) is 54.9 Å². The maximum Gasteiger partial charge on any atom is 0.187 e. The highest BCUT2D eigenvalue weighted by Crippen LogP contribution is 2.45. The van der Waals surface area contributed by atoms with Crippen LogP contribution in [0.4, 0.5) is 0 Å². The molecule has 17 nitrogen and oxygen atoms in total. The largest absolute Gasteiger partial charge is 0.394 e. The zero-order valence-corrected chi connectivity index (χ0v) is 24.9. The van der Waals surface area contributed by atoms with E-state index >= 15 is 0 Å². The molecule has 20 atom stereocenters. The maximum atomic E-state index is 10.8. The Morgan fingerprint density at radius 2 is 1.11 bits per heavy atom. The monoisotopic (exact) mass is 656 g/mol. The average molecular weight is 657 g/mol. The van der Waals surface area contributed by atoms with Crippen LogP contribution >= 0.6 is 0 Å². The molecule has 262 valence electrons. The smallest absolute Gasteiger partial charge is 0.187 e. The zero-order chi connectivity index (χ0) is 32.7. The summed E-state index contributed by atoms with van der Waals surface area (Å²) in [7, 11) is 1.40. The lowest BCUT2D eigenvalue weighted by Gasteiger charge is -2.53. The Morgan fingerprint density at radius 3 is 1.64 bits per heavy atom. The second kappa shape index (κ2) is 14.8. The molecule has 17 heteroatoms. The molecule has 5 fully saturated rings. The van der Waals surface area contributed by atoms with E-state index in [4.69, 9.17) is 28.4 Å². The molecule has 0 spiro atoms. The second-order valence-electron chi connectivity index (χ2n) is 13.0. The third-order valence-corrected chi connectivity index (χ3v) is 10.1. The van der Waals surface area contributed by atoms with Crippen LogP contribution in [0.25, 0.3) is 0 Å². The third-order valence-electron chi connectivity index (χ3n) is 10.1. The Bertz CT molecular complexity index is 943. The number of aliphatic hydroxyl groups excluding tert-OH is 11. The van der Waals surface area contributed by atoms with Gasteiger partial charge in [0.15, 0.2) is 12.6 Å². The van der Waals surface area contributed by atoms with Crippen LogP contribution in [0, 0.1) is 11.8 Å². The van der Waals surface area contributed by atoms with Gasteiger partial charge in [-0.15, -0.1) is 0 Å². The van der Waals surface area contributed by atoms with Crippen molar-refractivity contribution in [3.05, 3.63) is 0 Å². The van der Waals surface area contributed by atoms with Gasteiger partial charge in [-0.05, 0) is 31.6 Å². The lowest BCUT2D eigenvalue weighted by molar-refractivity contribution is -0.345. The van der Waals surface area contributed by atoms with Crippen molar-refractivity contribution in [1.29, 1.82) is 0 Å². The van der Waals surface area contributed by atoms with Crippen molar-refractivity contribution < 1.29 is 84.6 Å². The fraction of sp³-hybridized carbons (Fsp3) is 1.00. The minimum atomic E-state index is -1.71. The molecule has 0 aromatic heterocycles. The van der Waals surface area contributed by atoms with Crippen LogP contribution in [0.1, 0.15) is 32.1 Å². The summed E-state index contributed by atoms with van der Waals surface area (Å²) >= 11 is 0. The number of aliphatic hydroxyl groups is 11. The lowest BCUT2D eigenvalue weighted by Crippen LogP contribution is -2.63. The molecule has 5 aliphatic rings. The van der Waals surface area contributed by atoms with Gasteiger partial charge in [0.2, 0.25) is 0 Å². The van der Waals surface area contributed by atoms with E-state index in [0.717, 1.165) is 0 Å². The first kappa shape index (κ1) is 35.6. The summed E-state index contributed by atoms with van der Waals surface area (Å²) in [5, 5.41) is 113. The van der Waals surface area contributed by atoms with Crippen LogP contribution < -0.4 is 0 Å². The topological polar surface area (TPSA) is 278 Å². The number of fused-ring (bicyclic) bond motifs is 1. The van der Waals surface area contributed by atoms with E-state index in [1.807, 2.05) is 0 Å². The molecule has 2 saturated carbocycles. The molecule has 5 rings (SSSR count). The number of rotatable bonds is 8. The highest BCUT2D eigenvalue weighted by atomic mass is 16.7. The summed E-state index contributed by atoms with van der Waals surface area (Å²) in [6, 6.07) is 0. The molecule has 2 aliphatic carbocycles. The van der Waals surface area contributed by atoms with Gasteiger partial charge < -0.3 is 84.6 Å². The Hall–Kier alpha value is -0.680. The molecule has 3 saturated heterocycles. The van der Waals surface area contributed by atoms with E-state index in [2.05, 4.69) is 0 Å². The van der Waals surface area contributed by atoms with Gasteiger partial charge in [-0.3, -0.25) is 0 Å². The molecular formula is C28H48O17. The van der Waals surface area contributed by atoms with E-state index in [0.29, 0.717) is 0 Å². The quantitative estimate of drug-likeness (QED) is 0.116. The van der Waals surface area contributed by atoms with Crippen LogP contribution in [0.5, 0.6) is 0 Å². The van der Waals surface area contributed by atoms with Crippen molar-refractivity contribution in [3.63, 3.8) is 0 Å². The Kier molecular flexibility index (Phi) is 11.7. The third kappa shape index (κ3) is 7.20. The van der Waals surface area contributed by atoms with Gasteiger partial charge in [-0.25, -0.2) is 0 Å². The van der Waals surface area contributed by atoms with Crippen molar-refractivity contribution in [2.24, 2.45) is 11.8 Å². The molecule has 45 heavy (non-hydrogen) atoms. The summed E-state index contributed by atoms with van der Waals surface area (Å²) in [4.78, 5) is 0. The van der Waals surface area contributed by atoms with E-state index in [-0.39, 0.29) is 32.1 Å². The van der Waals surface area contributed by atoms with Crippen molar-refractivity contribution in [3.8, 4) is 0 Å². The SMILES string of the molecule is COC1CC(C2OC3CC(O)CC(O[C@H]4O[C@@H](CO)[C@H](O)[C@H](O)[C@@H]4O)C3CC2O[C@H]2O[C@@H](CO)[C@H](O)[C@H](O)[C@@H]2O)CC(O)C1O. The predicted molar refractivity (Wildman–Crippen MR) is 145 cm³/mol. The highest BCUT2D eigenvalue weighted by Gasteiger charge is 2.54. The van der Waals surface area contributed by atoms with E-state index in [9.17, 15) is 56.2 Å². The van der Waals surface area contributed by atoms with Crippen LogP contribution in [-0.4, -0.2) is 187 Å². The van der Waals surface area contributed by atoms with Gasteiger partial charge in [0, 0.05) is 19.4 Å². The first-order valence-corrected chi connectivity index (χ1v) is 15.5. The molecule has 11 N–H and O–H groups in total. The molecule has 3 aliphatic heterocycles. The zero-order valence-electron chi connectivity index (χ0n) is 24.9. The number of hydrogen-bond donors (Lipinski definition) is 11. The average Bonchev–Trinajstić information content (AvgIpc) is 3.02. The Morgan fingerprint density at radius 1 is 0.556 bits per heavy atom. The molecule has 3 heterocycles. The minimum absolute atomic E-state index is 0.0665. The highest BCUT2D eigenvalue weighted by molar-refractivity contribution is 5.01. The first-order valence-electron chi connectivity index (χ1n) is 15.5.